The highest BCUT2D eigenvalue weighted by molar-refractivity contribution is 5.50. The molecule has 0 fully saturated rings. The molecule has 1 aliphatic rings. The van der Waals surface area contributed by atoms with Gasteiger partial charge < -0.3 is 5.32 Å². The van der Waals surface area contributed by atoms with Gasteiger partial charge >= 0.3 is 0 Å². The molecule has 0 heterocycles. The molecule has 0 aromatic heterocycles. The molecule has 1 nitrogen and oxygen atoms in total. The second-order valence-corrected chi connectivity index (χ2v) is 5.86. The molecular weight excluding hydrogens is 242 g/mol. The molecule has 0 spiro atoms. The minimum Gasteiger partial charge on any atom is -0.313 e. The van der Waals surface area contributed by atoms with Crippen LogP contribution in [0.5, 0.6) is 0 Å². The lowest BCUT2D eigenvalue weighted by Gasteiger charge is -2.17. The van der Waals surface area contributed by atoms with Crippen molar-refractivity contribution in [3.8, 4) is 0 Å². The van der Waals surface area contributed by atoms with E-state index in [1.54, 1.807) is 0 Å². The fourth-order valence-corrected chi connectivity index (χ4v) is 2.89. The van der Waals surface area contributed by atoms with E-state index >= 15 is 0 Å². The van der Waals surface area contributed by atoms with Crippen LogP contribution in [0.4, 0.5) is 0 Å². The summed E-state index contributed by atoms with van der Waals surface area (Å²) in [6.07, 6.45) is 4.92. The van der Waals surface area contributed by atoms with E-state index in [1.807, 2.05) is 0 Å². The molecule has 1 unspecified atom stereocenters. The summed E-state index contributed by atoms with van der Waals surface area (Å²) in [5.41, 5.74) is 7.30. The highest BCUT2D eigenvalue weighted by Crippen LogP contribution is 2.38. The van der Waals surface area contributed by atoms with Crippen LogP contribution in [0.15, 0.2) is 47.1 Å². The van der Waals surface area contributed by atoms with Gasteiger partial charge in [0.2, 0.25) is 0 Å². The zero-order chi connectivity index (χ0) is 14.5. The molecule has 1 aromatic rings. The number of hydrogen-bond acceptors (Lipinski definition) is 1. The summed E-state index contributed by atoms with van der Waals surface area (Å²) in [4.78, 5) is 0. The second kappa shape index (κ2) is 6.90. The summed E-state index contributed by atoms with van der Waals surface area (Å²) in [6.45, 7) is 11.1. The Morgan fingerprint density at radius 3 is 2.50 bits per heavy atom. The lowest BCUT2D eigenvalue weighted by atomic mass is 9.90. The lowest BCUT2D eigenvalue weighted by Crippen LogP contribution is -2.16. The van der Waals surface area contributed by atoms with Gasteiger partial charge in [0.1, 0.15) is 0 Å². The van der Waals surface area contributed by atoms with Crippen LogP contribution < -0.4 is 5.32 Å². The van der Waals surface area contributed by atoms with Crippen molar-refractivity contribution in [1.29, 1.82) is 0 Å². The molecule has 20 heavy (non-hydrogen) atoms. The van der Waals surface area contributed by atoms with Crippen LogP contribution in [0, 0.1) is 0 Å². The van der Waals surface area contributed by atoms with Crippen LogP contribution in [0.3, 0.4) is 0 Å². The van der Waals surface area contributed by atoms with E-state index in [0.717, 1.165) is 13.1 Å². The van der Waals surface area contributed by atoms with Crippen molar-refractivity contribution in [3.63, 3.8) is 0 Å². The van der Waals surface area contributed by atoms with Gasteiger partial charge in [-0.05, 0) is 50.4 Å². The minimum atomic E-state index is 0.471. The average molecular weight is 269 g/mol. The number of allylic oxidation sites excluding steroid dienone is 4. The van der Waals surface area contributed by atoms with Crippen LogP contribution in [-0.2, 0) is 6.54 Å². The maximum absolute atomic E-state index is 3.57. The summed E-state index contributed by atoms with van der Waals surface area (Å²) in [5.74, 6) is 0.471. The standard InChI is InChI=1S/C19H27N/c1-5-6-11-20-13-17-9-7-8-10-18(17)19-12-14(2)15(3)16(19)4/h7-10,12,19-20H,5-6,11,13H2,1-4H3. The van der Waals surface area contributed by atoms with Gasteiger partial charge in [0, 0.05) is 12.5 Å². The quantitative estimate of drug-likeness (QED) is 0.720. The predicted octanol–water partition coefficient (Wildman–Crippen LogP) is 4.96. The summed E-state index contributed by atoms with van der Waals surface area (Å²) in [5, 5.41) is 3.57. The molecule has 2 rings (SSSR count). The topological polar surface area (TPSA) is 12.0 Å². The van der Waals surface area contributed by atoms with Gasteiger partial charge in [0.25, 0.3) is 0 Å². The van der Waals surface area contributed by atoms with Crippen molar-refractivity contribution in [2.45, 2.75) is 53.0 Å². The zero-order valence-corrected chi connectivity index (χ0v) is 13.3. The number of benzene rings is 1. The molecule has 0 radical (unpaired) electrons. The summed E-state index contributed by atoms with van der Waals surface area (Å²) in [6, 6.07) is 8.86. The van der Waals surface area contributed by atoms with Gasteiger partial charge in [0.05, 0.1) is 0 Å². The maximum Gasteiger partial charge on any atom is 0.0240 e. The molecule has 0 bridgehead atoms. The summed E-state index contributed by atoms with van der Waals surface area (Å²) in [7, 11) is 0. The Morgan fingerprint density at radius 2 is 1.85 bits per heavy atom. The third-order valence-electron chi connectivity index (χ3n) is 4.48. The van der Waals surface area contributed by atoms with E-state index in [4.69, 9.17) is 0 Å². The van der Waals surface area contributed by atoms with Crippen molar-refractivity contribution < 1.29 is 0 Å². The molecular formula is C19H27N. The van der Waals surface area contributed by atoms with Crippen LogP contribution in [0.25, 0.3) is 0 Å². The average Bonchev–Trinajstić information content (AvgIpc) is 2.72. The number of unbranched alkanes of at least 4 members (excludes halogenated alkanes) is 1. The third-order valence-corrected chi connectivity index (χ3v) is 4.48. The molecule has 1 aromatic carbocycles. The van der Waals surface area contributed by atoms with Crippen molar-refractivity contribution in [3.05, 3.63) is 58.2 Å². The van der Waals surface area contributed by atoms with Gasteiger partial charge in [-0.3, -0.25) is 0 Å². The molecule has 1 atom stereocenters. The monoisotopic (exact) mass is 269 g/mol. The van der Waals surface area contributed by atoms with Crippen LogP contribution in [0.2, 0.25) is 0 Å². The molecule has 1 heteroatoms. The van der Waals surface area contributed by atoms with E-state index in [9.17, 15) is 0 Å². The zero-order valence-electron chi connectivity index (χ0n) is 13.3. The molecule has 0 amide bonds. The first-order chi connectivity index (χ1) is 9.65. The predicted molar refractivity (Wildman–Crippen MR) is 87.9 cm³/mol. The molecule has 108 valence electrons. The maximum atomic E-state index is 3.57. The van der Waals surface area contributed by atoms with Gasteiger partial charge in [0.15, 0.2) is 0 Å². The van der Waals surface area contributed by atoms with Gasteiger partial charge in [-0.15, -0.1) is 0 Å². The molecule has 0 aliphatic heterocycles. The molecule has 0 saturated carbocycles. The third kappa shape index (κ3) is 3.21. The van der Waals surface area contributed by atoms with E-state index in [-0.39, 0.29) is 0 Å². The van der Waals surface area contributed by atoms with Crippen molar-refractivity contribution in [1.82, 2.24) is 5.32 Å². The SMILES string of the molecule is CCCCNCc1ccccc1C1C=C(C)C(C)=C1C. The Morgan fingerprint density at radius 1 is 1.10 bits per heavy atom. The van der Waals surface area contributed by atoms with Gasteiger partial charge in [-0.1, -0.05) is 54.8 Å². The van der Waals surface area contributed by atoms with Crippen LogP contribution in [0.1, 0.15) is 57.6 Å². The number of hydrogen-bond donors (Lipinski definition) is 1. The van der Waals surface area contributed by atoms with Crippen molar-refractivity contribution in [2.24, 2.45) is 0 Å². The van der Waals surface area contributed by atoms with E-state index in [1.165, 1.54) is 40.7 Å². The second-order valence-electron chi connectivity index (χ2n) is 5.86. The molecule has 1 N–H and O–H groups in total. The Kier molecular flexibility index (Phi) is 5.19. The number of nitrogens with one attached hydrogen (secondary N) is 1. The Balaban J connectivity index is 2.17. The number of rotatable bonds is 6. The Bertz CT molecular complexity index is 522. The Labute approximate surface area is 123 Å². The first-order valence-electron chi connectivity index (χ1n) is 7.79. The summed E-state index contributed by atoms with van der Waals surface area (Å²) < 4.78 is 0. The van der Waals surface area contributed by atoms with Gasteiger partial charge in [-0.25, -0.2) is 0 Å². The normalized spacial score (nSPS) is 18.6. The van der Waals surface area contributed by atoms with Crippen molar-refractivity contribution in [2.75, 3.05) is 6.54 Å². The fraction of sp³-hybridized carbons (Fsp3) is 0.474. The summed E-state index contributed by atoms with van der Waals surface area (Å²) >= 11 is 0. The van der Waals surface area contributed by atoms with Crippen LogP contribution in [-0.4, -0.2) is 6.54 Å². The van der Waals surface area contributed by atoms with Gasteiger partial charge in [-0.2, -0.15) is 0 Å². The van der Waals surface area contributed by atoms with E-state index < -0.39 is 0 Å². The molecule has 1 aliphatic carbocycles. The first-order valence-corrected chi connectivity index (χ1v) is 7.79. The highest BCUT2D eigenvalue weighted by Gasteiger charge is 2.21. The largest absolute Gasteiger partial charge is 0.313 e. The molecule has 0 saturated heterocycles. The van der Waals surface area contributed by atoms with Crippen LogP contribution >= 0.6 is 0 Å². The van der Waals surface area contributed by atoms with Crippen molar-refractivity contribution >= 4 is 0 Å². The highest BCUT2D eigenvalue weighted by atomic mass is 14.8. The van der Waals surface area contributed by atoms with E-state index in [0.29, 0.717) is 5.92 Å². The lowest BCUT2D eigenvalue weighted by molar-refractivity contribution is 0.638. The Hall–Kier alpha value is -1.34. The van der Waals surface area contributed by atoms with E-state index in [2.05, 4.69) is 63.4 Å². The first kappa shape index (κ1) is 15.1. The smallest absolute Gasteiger partial charge is 0.0240 e. The fourth-order valence-electron chi connectivity index (χ4n) is 2.89. The minimum absolute atomic E-state index is 0.471.